The number of carbonyl (C=O) groups excluding carboxylic acids is 1. The van der Waals surface area contributed by atoms with Crippen LogP contribution in [0.5, 0.6) is 0 Å². The van der Waals surface area contributed by atoms with Crippen molar-refractivity contribution in [3.63, 3.8) is 0 Å². The van der Waals surface area contributed by atoms with Gasteiger partial charge < -0.3 is 4.90 Å². The Hall–Kier alpha value is -3.03. The Morgan fingerprint density at radius 3 is 2.33 bits per heavy atom. The van der Waals surface area contributed by atoms with Gasteiger partial charge in [0.15, 0.2) is 0 Å². The summed E-state index contributed by atoms with van der Waals surface area (Å²) in [7, 11) is -3.90. The van der Waals surface area contributed by atoms with Gasteiger partial charge in [-0.05, 0) is 42.3 Å². The minimum atomic E-state index is -3.90. The van der Waals surface area contributed by atoms with Crippen LogP contribution >= 0.6 is 0 Å². The summed E-state index contributed by atoms with van der Waals surface area (Å²) in [5.41, 5.74) is 2.71. The molecule has 3 aromatic carbocycles. The summed E-state index contributed by atoms with van der Waals surface area (Å²) < 4.78 is 41.6. The minimum Gasteiger partial charge on any atom is -0.305 e. The van der Waals surface area contributed by atoms with E-state index in [1.54, 1.807) is 30.3 Å². The maximum atomic E-state index is 13.6. The summed E-state index contributed by atoms with van der Waals surface area (Å²) in [6, 6.07) is 19.9. The van der Waals surface area contributed by atoms with Crippen LogP contribution in [0.3, 0.4) is 0 Å². The Morgan fingerprint density at radius 1 is 0.900 bits per heavy atom. The molecule has 0 radical (unpaired) electrons. The number of benzene rings is 3. The number of carbonyl (C=O) groups is 1. The molecule has 1 heterocycles. The summed E-state index contributed by atoms with van der Waals surface area (Å²) in [6.07, 6.45) is 0. The maximum absolute atomic E-state index is 13.6. The number of rotatable bonds is 4. The van der Waals surface area contributed by atoms with Gasteiger partial charge in [0, 0.05) is 6.54 Å². The zero-order valence-corrected chi connectivity index (χ0v) is 17.3. The lowest BCUT2D eigenvalue weighted by molar-refractivity contribution is -0.119. The van der Waals surface area contributed by atoms with E-state index in [1.807, 2.05) is 31.2 Å². The number of hydrogen-bond donors (Lipinski definition) is 0. The standard InChI is InChI=1S/C23H21FN2O3S/c1-17-6-4-7-18(12-17)14-25-16-23(27)26(15-19-8-5-9-20(24)13-19)21-10-2-3-11-22(21)30(25,28)29/h2-13H,14-16H2,1H3. The molecule has 0 aromatic heterocycles. The molecule has 4 rings (SSSR count). The Balaban J connectivity index is 1.75. The van der Waals surface area contributed by atoms with E-state index < -0.39 is 15.8 Å². The lowest BCUT2D eigenvalue weighted by atomic mass is 10.1. The predicted molar refractivity (Wildman–Crippen MR) is 113 cm³/mol. The second-order valence-corrected chi connectivity index (χ2v) is 9.25. The molecule has 7 heteroatoms. The lowest BCUT2D eigenvalue weighted by Crippen LogP contribution is -2.38. The molecule has 0 unspecified atom stereocenters. The number of hydrogen-bond acceptors (Lipinski definition) is 3. The summed E-state index contributed by atoms with van der Waals surface area (Å²) >= 11 is 0. The Morgan fingerprint density at radius 2 is 1.60 bits per heavy atom. The minimum absolute atomic E-state index is 0.0694. The summed E-state index contributed by atoms with van der Waals surface area (Å²) in [6.45, 7) is 1.82. The van der Waals surface area contributed by atoms with Gasteiger partial charge in [0.25, 0.3) is 0 Å². The molecule has 3 aromatic rings. The Kier molecular flexibility index (Phi) is 5.40. The Labute approximate surface area is 175 Å². The van der Waals surface area contributed by atoms with Crippen molar-refractivity contribution in [2.75, 3.05) is 11.4 Å². The van der Waals surface area contributed by atoms with Crippen LogP contribution in [0.4, 0.5) is 10.1 Å². The van der Waals surface area contributed by atoms with Gasteiger partial charge >= 0.3 is 0 Å². The molecule has 0 saturated heterocycles. The number of aryl methyl sites for hydroxylation is 1. The van der Waals surface area contributed by atoms with Crippen molar-refractivity contribution in [2.24, 2.45) is 0 Å². The first-order valence-corrected chi connectivity index (χ1v) is 11.0. The molecular weight excluding hydrogens is 403 g/mol. The number of nitrogens with zero attached hydrogens (tertiary/aromatic N) is 2. The fourth-order valence-corrected chi connectivity index (χ4v) is 5.21. The number of anilines is 1. The van der Waals surface area contributed by atoms with E-state index in [-0.39, 0.29) is 30.4 Å². The van der Waals surface area contributed by atoms with Crippen LogP contribution in [-0.4, -0.2) is 25.2 Å². The van der Waals surface area contributed by atoms with Gasteiger partial charge in [-0.3, -0.25) is 4.79 Å². The molecule has 0 bridgehead atoms. The molecule has 5 nitrogen and oxygen atoms in total. The Bertz CT molecular complexity index is 1210. The van der Waals surface area contributed by atoms with Crippen molar-refractivity contribution in [1.29, 1.82) is 0 Å². The highest BCUT2D eigenvalue weighted by Gasteiger charge is 2.36. The molecule has 0 fully saturated rings. The lowest BCUT2D eigenvalue weighted by Gasteiger charge is -2.22. The first-order valence-electron chi connectivity index (χ1n) is 9.54. The molecule has 1 aliphatic rings. The maximum Gasteiger partial charge on any atom is 0.245 e. The highest BCUT2D eigenvalue weighted by Crippen LogP contribution is 2.33. The van der Waals surface area contributed by atoms with Gasteiger partial charge in [-0.1, -0.05) is 54.1 Å². The molecule has 0 spiro atoms. The molecule has 0 atom stereocenters. The first-order chi connectivity index (χ1) is 14.3. The number of sulfonamides is 1. The first kappa shape index (κ1) is 20.3. The number of amides is 1. The van der Waals surface area contributed by atoms with Crippen LogP contribution in [0.1, 0.15) is 16.7 Å². The van der Waals surface area contributed by atoms with E-state index in [4.69, 9.17) is 0 Å². The third kappa shape index (κ3) is 3.99. The van der Waals surface area contributed by atoms with Gasteiger partial charge in [0.05, 0.1) is 18.8 Å². The fourth-order valence-electron chi connectivity index (χ4n) is 3.64. The molecule has 154 valence electrons. The van der Waals surface area contributed by atoms with Crippen molar-refractivity contribution in [3.05, 3.63) is 95.3 Å². The van der Waals surface area contributed by atoms with E-state index in [0.29, 0.717) is 11.3 Å². The molecule has 0 N–H and O–H groups in total. The van der Waals surface area contributed by atoms with Gasteiger partial charge in [-0.25, -0.2) is 12.8 Å². The van der Waals surface area contributed by atoms with Gasteiger partial charge in [0.2, 0.25) is 15.9 Å². The van der Waals surface area contributed by atoms with E-state index >= 15 is 0 Å². The zero-order valence-electron chi connectivity index (χ0n) is 16.5. The second kappa shape index (κ2) is 8.01. The number of para-hydroxylation sites is 1. The van der Waals surface area contributed by atoms with Gasteiger partial charge in [0.1, 0.15) is 10.7 Å². The van der Waals surface area contributed by atoms with E-state index in [2.05, 4.69) is 0 Å². The van der Waals surface area contributed by atoms with Crippen LogP contribution in [0.25, 0.3) is 0 Å². The van der Waals surface area contributed by atoms with Crippen molar-refractivity contribution in [2.45, 2.75) is 24.9 Å². The largest absolute Gasteiger partial charge is 0.305 e. The number of halogens is 1. The molecule has 1 aliphatic heterocycles. The molecule has 0 saturated carbocycles. The van der Waals surface area contributed by atoms with Gasteiger partial charge in [-0.15, -0.1) is 0 Å². The fraction of sp³-hybridized carbons (Fsp3) is 0.174. The molecule has 30 heavy (non-hydrogen) atoms. The third-order valence-corrected chi connectivity index (χ3v) is 6.90. The highest BCUT2D eigenvalue weighted by atomic mass is 32.2. The van der Waals surface area contributed by atoms with E-state index in [0.717, 1.165) is 11.1 Å². The van der Waals surface area contributed by atoms with Crippen LogP contribution in [-0.2, 0) is 27.9 Å². The molecular formula is C23H21FN2O3S. The average molecular weight is 424 g/mol. The summed E-state index contributed by atoms with van der Waals surface area (Å²) in [5.74, 6) is -0.766. The van der Waals surface area contributed by atoms with E-state index in [9.17, 15) is 17.6 Å². The highest BCUT2D eigenvalue weighted by molar-refractivity contribution is 7.89. The molecule has 0 aliphatic carbocycles. The summed E-state index contributed by atoms with van der Waals surface area (Å²) in [5, 5.41) is 0. The van der Waals surface area contributed by atoms with Crippen LogP contribution < -0.4 is 4.90 Å². The topological polar surface area (TPSA) is 57.7 Å². The monoisotopic (exact) mass is 424 g/mol. The second-order valence-electron chi connectivity index (χ2n) is 7.34. The van der Waals surface area contributed by atoms with Crippen molar-refractivity contribution in [1.82, 2.24) is 4.31 Å². The van der Waals surface area contributed by atoms with Crippen LogP contribution in [0.2, 0.25) is 0 Å². The van der Waals surface area contributed by atoms with Crippen molar-refractivity contribution < 1.29 is 17.6 Å². The predicted octanol–water partition coefficient (Wildman–Crippen LogP) is 3.87. The summed E-state index contributed by atoms with van der Waals surface area (Å²) in [4.78, 5) is 14.6. The van der Waals surface area contributed by atoms with Crippen LogP contribution in [0.15, 0.2) is 77.7 Å². The normalized spacial score (nSPS) is 16.2. The zero-order chi connectivity index (χ0) is 21.3. The van der Waals surface area contributed by atoms with Crippen molar-refractivity contribution >= 4 is 21.6 Å². The molecule has 1 amide bonds. The van der Waals surface area contributed by atoms with Crippen molar-refractivity contribution in [3.8, 4) is 0 Å². The third-order valence-electron chi connectivity index (χ3n) is 5.06. The smallest absolute Gasteiger partial charge is 0.245 e. The average Bonchev–Trinajstić information content (AvgIpc) is 2.78. The van der Waals surface area contributed by atoms with E-state index in [1.165, 1.54) is 27.4 Å². The van der Waals surface area contributed by atoms with Gasteiger partial charge in [-0.2, -0.15) is 4.31 Å². The SMILES string of the molecule is Cc1cccc(CN2CC(=O)N(Cc3cccc(F)c3)c3ccccc3S2(=O)=O)c1. The van der Waals surface area contributed by atoms with Crippen LogP contribution in [0, 0.1) is 12.7 Å². The quantitative estimate of drug-likeness (QED) is 0.639. The number of fused-ring (bicyclic) bond motifs is 1.